The Morgan fingerprint density at radius 1 is 1.22 bits per heavy atom. The summed E-state index contributed by atoms with van der Waals surface area (Å²) in [6.07, 6.45) is 1.69. The number of nitrogens with one attached hydrogen (secondary N) is 2. The molecule has 0 rings (SSSR count). The first-order valence-corrected chi connectivity index (χ1v) is 6.67. The molecule has 1 amide bonds. The second-order valence-electron chi connectivity index (χ2n) is 4.83. The smallest absolute Gasteiger partial charge is 0.303 e. The third-order valence-corrected chi connectivity index (χ3v) is 2.94. The summed E-state index contributed by atoms with van der Waals surface area (Å²) in [6.45, 7) is 8.09. The molecule has 0 radical (unpaired) electrons. The molecule has 106 valence electrons. The van der Waals surface area contributed by atoms with Gasteiger partial charge in [0, 0.05) is 25.4 Å². The number of amides is 1. The van der Waals surface area contributed by atoms with Gasteiger partial charge in [0.15, 0.2) is 0 Å². The van der Waals surface area contributed by atoms with Crippen LogP contribution >= 0.6 is 0 Å². The Labute approximate surface area is 109 Å². The average Bonchev–Trinajstić information content (AvgIpc) is 2.33. The van der Waals surface area contributed by atoms with Crippen LogP contribution in [-0.2, 0) is 9.59 Å². The molecular weight excluding hydrogens is 232 g/mol. The summed E-state index contributed by atoms with van der Waals surface area (Å²) >= 11 is 0. The zero-order valence-electron chi connectivity index (χ0n) is 11.7. The van der Waals surface area contributed by atoms with E-state index in [2.05, 4.69) is 10.6 Å². The van der Waals surface area contributed by atoms with Gasteiger partial charge in [-0.15, -0.1) is 0 Å². The Morgan fingerprint density at radius 2 is 1.89 bits per heavy atom. The van der Waals surface area contributed by atoms with Gasteiger partial charge in [-0.3, -0.25) is 9.59 Å². The summed E-state index contributed by atoms with van der Waals surface area (Å²) in [4.78, 5) is 22.1. The lowest BCUT2D eigenvalue weighted by Gasteiger charge is -2.14. The number of carboxylic acids is 1. The van der Waals surface area contributed by atoms with Gasteiger partial charge in [0.1, 0.15) is 0 Å². The van der Waals surface area contributed by atoms with Crippen molar-refractivity contribution in [3.05, 3.63) is 0 Å². The first kappa shape index (κ1) is 16.9. The van der Waals surface area contributed by atoms with E-state index in [0.717, 1.165) is 13.0 Å². The normalized spacial score (nSPS) is 13.9. The summed E-state index contributed by atoms with van der Waals surface area (Å²) in [5.41, 5.74) is 0. The van der Waals surface area contributed by atoms with Crippen LogP contribution in [0.1, 0.15) is 40.0 Å². The van der Waals surface area contributed by atoms with Gasteiger partial charge in [-0.2, -0.15) is 0 Å². The molecule has 0 aliphatic carbocycles. The highest BCUT2D eigenvalue weighted by atomic mass is 16.4. The summed E-state index contributed by atoms with van der Waals surface area (Å²) in [5.74, 6) is -0.406. The molecule has 18 heavy (non-hydrogen) atoms. The summed E-state index contributed by atoms with van der Waals surface area (Å²) in [6, 6.07) is 0. The highest BCUT2D eigenvalue weighted by molar-refractivity contribution is 5.78. The van der Waals surface area contributed by atoms with Crippen molar-refractivity contribution in [3.63, 3.8) is 0 Å². The highest BCUT2D eigenvalue weighted by Gasteiger charge is 2.12. The van der Waals surface area contributed by atoms with E-state index in [9.17, 15) is 9.59 Å². The fourth-order valence-corrected chi connectivity index (χ4v) is 1.58. The van der Waals surface area contributed by atoms with Gasteiger partial charge in [-0.05, 0) is 25.3 Å². The van der Waals surface area contributed by atoms with Gasteiger partial charge < -0.3 is 15.7 Å². The van der Waals surface area contributed by atoms with Gasteiger partial charge in [0.2, 0.25) is 5.91 Å². The fourth-order valence-electron chi connectivity index (χ4n) is 1.58. The zero-order valence-corrected chi connectivity index (χ0v) is 11.7. The van der Waals surface area contributed by atoms with E-state index >= 15 is 0 Å². The first-order valence-electron chi connectivity index (χ1n) is 6.67. The van der Waals surface area contributed by atoms with Crippen LogP contribution in [0.4, 0.5) is 0 Å². The number of rotatable bonds is 10. The molecule has 0 heterocycles. The predicted molar refractivity (Wildman–Crippen MR) is 71.4 cm³/mol. The van der Waals surface area contributed by atoms with E-state index in [0.29, 0.717) is 25.4 Å². The highest BCUT2D eigenvalue weighted by Crippen LogP contribution is 2.09. The summed E-state index contributed by atoms with van der Waals surface area (Å²) in [7, 11) is 0. The topological polar surface area (TPSA) is 78.4 Å². The molecule has 0 aromatic heterocycles. The maximum absolute atomic E-state index is 11.7. The van der Waals surface area contributed by atoms with E-state index < -0.39 is 5.97 Å². The molecule has 2 unspecified atom stereocenters. The van der Waals surface area contributed by atoms with Crippen molar-refractivity contribution in [3.8, 4) is 0 Å². The van der Waals surface area contributed by atoms with Crippen molar-refractivity contribution in [1.29, 1.82) is 0 Å². The van der Waals surface area contributed by atoms with Gasteiger partial charge in [0.25, 0.3) is 0 Å². The Bertz CT molecular complexity index is 257. The van der Waals surface area contributed by atoms with Crippen molar-refractivity contribution < 1.29 is 14.7 Å². The lowest BCUT2D eigenvalue weighted by Crippen LogP contribution is -2.36. The fraction of sp³-hybridized carbons (Fsp3) is 0.846. The standard InChI is InChI=1S/C13H26N2O3/c1-4-14-9-11(3)13(18)15-8-7-10(2)5-6-12(16)17/h10-11,14H,4-9H2,1-3H3,(H,15,18)(H,16,17). The average molecular weight is 258 g/mol. The van der Waals surface area contributed by atoms with Crippen LogP contribution in [0.25, 0.3) is 0 Å². The third kappa shape index (κ3) is 8.98. The van der Waals surface area contributed by atoms with E-state index in [1.807, 2.05) is 20.8 Å². The molecule has 0 aromatic rings. The Hall–Kier alpha value is -1.10. The third-order valence-electron chi connectivity index (χ3n) is 2.94. The molecule has 0 saturated heterocycles. The van der Waals surface area contributed by atoms with Crippen molar-refractivity contribution in [2.24, 2.45) is 11.8 Å². The number of hydrogen-bond donors (Lipinski definition) is 3. The first-order chi connectivity index (χ1) is 8.47. The number of carboxylic acid groups (broad SMARTS) is 1. The van der Waals surface area contributed by atoms with E-state index in [-0.39, 0.29) is 18.2 Å². The number of hydrogen-bond acceptors (Lipinski definition) is 3. The summed E-state index contributed by atoms with van der Waals surface area (Å²) in [5, 5.41) is 14.6. The van der Waals surface area contributed by atoms with Crippen LogP contribution in [0.2, 0.25) is 0 Å². The second-order valence-corrected chi connectivity index (χ2v) is 4.83. The van der Waals surface area contributed by atoms with Crippen LogP contribution in [0.3, 0.4) is 0 Å². The number of carbonyl (C=O) groups is 2. The largest absolute Gasteiger partial charge is 0.481 e. The monoisotopic (exact) mass is 258 g/mol. The minimum absolute atomic E-state index is 0.0284. The van der Waals surface area contributed by atoms with Crippen LogP contribution in [0, 0.1) is 11.8 Å². The quantitative estimate of drug-likeness (QED) is 0.551. The van der Waals surface area contributed by atoms with Gasteiger partial charge in [-0.1, -0.05) is 20.8 Å². The maximum Gasteiger partial charge on any atom is 0.303 e. The molecule has 5 nitrogen and oxygen atoms in total. The zero-order chi connectivity index (χ0) is 14.0. The molecule has 0 spiro atoms. The lowest BCUT2D eigenvalue weighted by molar-refractivity contribution is -0.137. The molecule has 0 bridgehead atoms. The Kier molecular flexibility index (Phi) is 9.28. The van der Waals surface area contributed by atoms with Crippen LogP contribution in [0.15, 0.2) is 0 Å². The molecular formula is C13H26N2O3. The van der Waals surface area contributed by atoms with Crippen molar-refractivity contribution in [1.82, 2.24) is 10.6 Å². The number of carbonyl (C=O) groups excluding carboxylic acids is 1. The van der Waals surface area contributed by atoms with Gasteiger partial charge in [0.05, 0.1) is 0 Å². The maximum atomic E-state index is 11.7. The molecule has 0 aliphatic heterocycles. The Balaban J connectivity index is 3.63. The summed E-state index contributed by atoms with van der Waals surface area (Å²) < 4.78 is 0. The molecule has 5 heteroatoms. The van der Waals surface area contributed by atoms with E-state index in [4.69, 9.17) is 5.11 Å². The van der Waals surface area contributed by atoms with Crippen molar-refractivity contribution in [2.75, 3.05) is 19.6 Å². The molecule has 0 aliphatic rings. The van der Waals surface area contributed by atoms with Gasteiger partial charge >= 0.3 is 5.97 Å². The van der Waals surface area contributed by atoms with E-state index in [1.165, 1.54) is 0 Å². The second kappa shape index (κ2) is 9.88. The van der Waals surface area contributed by atoms with Crippen molar-refractivity contribution in [2.45, 2.75) is 40.0 Å². The van der Waals surface area contributed by atoms with E-state index in [1.54, 1.807) is 0 Å². The molecule has 2 atom stereocenters. The van der Waals surface area contributed by atoms with Crippen LogP contribution in [-0.4, -0.2) is 36.6 Å². The Morgan fingerprint density at radius 3 is 2.44 bits per heavy atom. The molecule has 0 aromatic carbocycles. The minimum Gasteiger partial charge on any atom is -0.481 e. The van der Waals surface area contributed by atoms with Crippen LogP contribution < -0.4 is 10.6 Å². The van der Waals surface area contributed by atoms with Crippen molar-refractivity contribution >= 4 is 11.9 Å². The lowest BCUT2D eigenvalue weighted by atomic mass is 10.0. The molecule has 0 fully saturated rings. The molecule has 0 saturated carbocycles. The van der Waals surface area contributed by atoms with Gasteiger partial charge in [-0.25, -0.2) is 0 Å². The SMILES string of the molecule is CCNCC(C)C(=O)NCCC(C)CCC(=O)O. The predicted octanol–water partition coefficient (Wildman–Crippen LogP) is 1.24. The molecule has 3 N–H and O–H groups in total. The number of aliphatic carboxylic acids is 1. The van der Waals surface area contributed by atoms with Crippen LogP contribution in [0.5, 0.6) is 0 Å². The minimum atomic E-state index is -0.759.